The minimum Gasteiger partial charge on any atom is -0.456 e. The molecular formula is C20H13BrO. The molecule has 0 unspecified atom stereocenters. The normalized spacial score (nSPS) is 11.0. The molecule has 22 heavy (non-hydrogen) atoms. The Morgan fingerprint density at radius 1 is 0.636 bits per heavy atom. The molecule has 4 rings (SSSR count). The molecule has 106 valence electrons. The van der Waals surface area contributed by atoms with E-state index in [2.05, 4.69) is 70.5 Å². The summed E-state index contributed by atoms with van der Waals surface area (Å²) in [5, 5.41) is 2.43. The first-order chi connectivity index (χ1) is 10.8. The van der Waals surface area contributed by atoms with Crippen molar-refractivity contribution >= 4 is 26.7 Å². The topological polar surface area (TPSA) is 13.1 Å². The Hall–Kier alpha value is -2.32. The predicted octanol–water partition coefficient (Wildman–Crippen LogP) is 6.53. The van der Waals surface area contributed by atoms with E-state index in [9.17, 15) is 0 Å². The summed E-state index contributed by atoms with van der Waals surface area (Å²) in [6.07, 6.45) is 0. The zero-order valence-electron chi connectivity index (χ0n) is 11.8. The molecule has 0 saturated heterocycles. The van der Waals surface area contributed by atoms with E-state index in [4.69, 9.17) is 4.42 Å². The van der Waals surface area contributed by atoms with Crippen molar-refractivity contribution in [2.45, 2.75) is 0 Å². The van der Waals surface area contributed by atoms with E-state index in [0.717, 1.165) is 27.1 Å². The third-order valence-corrected chi connectivity index (χ3v) is 4.32. The van der Waals surface area contributed by atoms with Gasteiger partial charge in [-0.3, -0.25) is 0 Å². The number of rotatable bonds is 2. The van der Waals surface area contributed by atoms with Crippen LogP contribution >= 0.6 is 15.9 Å². The maximum Gasteiger partial charge on any atom is 0.135 e. The average Bonchev–Trinajstić information content (AvgIpc) is 3.05. The Labute approximate surface area is 137 Å². The molecule has 0 N–H and O–H groups in total. The van der Waals surface area contributed by atoms with Gasteiger partial charge in [-0.25, -0.2) is 0 Å². The number of furan rings is 1. The van der Waals surface area contributed by atoms with Crippen LogP contribution in [0.1, 0.15) is 0 Å². The number of fused-ring (bicyclic) bond motifs is 1. The minimum absolute atomic E-state index is 0.885. The zero-order chi connectivity index (χ0) is 14.9. The maximum absolute atomic E-state index is 6.09. The van der Waals surface area contributed by atoms with Crippen molar-refractivity contribution in [2.75, 3.05) is 0 Å². The van der Waals surface area contributed by atoms with Crippen molar-refractivity contribution in [3.8, 4) is 22.6 Å². The lowest BCUT2D eigenvalue weighted by molar-refractivity contribution is 0.598. The molecule has 0 atom stereocenters. The molecule has 1 heterocycles. The van der Waals surface area contributed by atoms with E-state index < -0.39 is 0 Å². The minimum atomic E-state index is 0.885. The van der Waals surface area contributed by atoms with Crippen molar-refractivity contribution < 1.29 is 4.42 Å². The van der Waals surface area contributed by atoms with Crippen LogP contribution < -0.4 is 0 Å². The lowest BCUT2D eigenvalue weighted by Crippen LogP contribution is -1.78. The third kappa shape index (κ3) is 2.36. The summed E-state index contributed by atoms with van der Waals surface area (Å²) in [7, 11) is 0. The van der Waals surface area contributed by atoms with Crippen LogP contribution in [0.15, 0.2) is 87.8 Å². The van der Waals surface area contributed by atoms with E-state index in [1.54, 1.807) is 0 Å². The molecule has 4 aromatic rings. The van der Waals surface area contributed by atoms with E-state index in [1.807, 2.05) is 24.3 Å². The van der Waals surface area contributed by atoms with Gasteiger partial charge in [-0.1, -0.05) is 70.5 Å². The van der Waals surface area contributed by atoms with Crippen LogP contribution in [0, 0.1) is 0 Å². The summed E-state index contributed by atoms with van der Waals surface area (Å²) < 4.78 is 7.16. The van der Waals surface area contributed by atoms with E-state index in [0.29, 0.717) is 0 Å². The van der Waals surface area contributed by atoms with Gasteiger partial charge >= 0.3 is 0 Å². The first-order valence-electron chi connectivity index (χ1n) is 7.15. The van der Waals surface area contributed by atoms with Crippen molar-refractivity contribution in [3.63, 3.8) is 0 Å². The summed E-state index contributed by atoms with van der Waals surface area (Å²) in [5.41, 5.74) is 2.20. The second kappa shape index (κ2) is 5.47. The Bertz CT molecular complexity index is 930. The van der Waals surface area contributed by atoms with Crippen LogP contribution in [0.2, 0.25) is 0 Å². The number of benzene rings is 3. The van der Waals surface area contributed by atoms with Crippen LogP contribution in [0.5, 0.6) is 0 Å². The highest BCUT2D eigenvalue weighted by atomic mass is 79.9. The molecule has 0 spiro atoms. The monoisotopic (exact) mass is 348 g/mol. The second-order valence-corrected chi connectivity index (χ2v) is 6.11. The van der Waals surface area contributed by atoms with Crippen LogP contribution in [0.3, 0.4) is 0 Å². The molecule has 1 aromatic heterocycles. The maximum atomic E-state index is 6.09. The first-order valence-corrected chi connectivity index (χ1v) is 7.94. The predicted molar refractivity (Wildman–Crippen MR) is 94.8 cm³/mol. The molecule has 0 aliphatic rings. The van der Waals surface area contributed by atoms with Crippen molar-refractivity contribution in [2.24, 2.45) is 0 Å². The Morgan fingerprint density at radius 2 is 1.36 bits per heavy atom. The molecule has 0 radical (unpaired) electrons. The molecule has 0 amide bonds. The summed E-state index contributed by atoms with van der Waals surface area (Å²) in [5.74, 6) is 1.78. The fourth-order valence-electron chi connectivity index (χ4n) is 2.69. The molecule has 0 aliphatic heterocycles. The molecular weight excluding hydrogens is 336 g/mol. The van der Waals surface area contributed by atoms with Crippen LogP contribution in [-0.2, 0) is 0 Å². The van der Waals surface area contributed by atoms with Gasteiger partial charge in [0, 0.05) is 15.6 Å². The quantitative estimate of drug-likeness (QED) is 0.401. The van der Waals surface area contributed by atoms with E-state index in [-0.39, 0.29) is 0 Å². The van der Waals surface area contributed by atoms with Gasteiger partial charge in [0.05, 0.1) is 0 Å². The zero-order valence-corrected chi connectivity index (χ0v) is 13.4. The molecule has 0 bridgehead atoms. The van der Waals surface area contributed by atoms with Gasteiger partial charge in [-0.15, -0.1) is 0 Å². The molecule has 2 heteroatoms. The number of hydrogen-bond acceptors (Lipinski definition) is 1. The SMILES string of the molecule is Brc1ccc(-c2ccc(-c3cccc4ccccc34)o2)cc1. The van der Waals surface area contributed by atoms with Gasteiger partial charge in [-0.2, -0.15) is 0 Å². The summed E-state index contributed by atoms with van der Waals surface area (Å²) in [6.45, 7) is 0. The number of hydrogen-bond donors (Lipinski definition) is 0. The van der Waals surface area contributed by atoms with Crippen molar-refractivity contribution in [1.29, 1.82) is 0 Å². The fourth-order valence-corrected chi connectivity index (χ4v) is 2.96. The Kier molecular flexibility index (Phi) is 3.32. The molecule has 0 fully saturated rings. The van der Waals surface area contributed by atoms with Crippen LogP contribution in [0.25, 0.3) is 33.4 Å². The second-order valence-electron chi connectivity index (χ2n) is 5.20. The average molecular weight is 349 g/mol. The van der Waals surface area contributed by atoms with Gasteiger partial charge in [0.2, 0.25) is 0 Å². The number of halogens is 1. The van der Waals surface area contributed by atoms with Gasteiger partial charge in [0.25, 0.3) is 0 Å². The lowest BCUT2D eigenvalue weighted by atomic mass is 10.0. The highest BCUT2D eigenvalue weighted by Gasteiger charge is 2.09. The van der Waals surface area contributed by atoms with Gasteiger partial charge in [0.1, 0.15) is 11.5 Å². The smallest absolute Gasteiger partial charge is 0.135 e. The first kappa shape index (κ1) is 13.4. The summed E-state index contributed by atoms with van der Waals surface area (Å²) >= 11 is 3.46. The lowest BCUT2D eigenvalue weighted by Gasteiger charge is -2.04. The van der Waals surface area contributed by atoms with Crippen LogP contribution in [0.4, 0.5) is 0 Å². The van der Waals surface area contributed by atoms with E-state index in [1.165, 1.54) is 10.8 Å². The molecule has 0 saturated carbocycles. The third-order valence-electron chi connectivity index (χ3n) is 3.79. The Morgan fingerprint density at radius 3 is 2.23 bits per heavy atom. The van der Waals surface area contributed by atoms with Crippen LogP contribution in [-0.4, -0.2) is 0 Å². The molecule has 1 nitrogen and oxygen atoms in total. The highest BCUT2D eigenvalue weighted by molar-refractivity contribution is 9.10. The van der Waals surface area contributed by atoms with E-state index >= 15 is 0 Å². The van der Waals surface area contributed by atoms with Crippen molar-refractivity contribution in [3.05, 3.63) is 83.3 Å². The Balaban J connectivity index is 1.82. The van der Waals surface area contributed by atoms with Gasteiger partial charge in [0.15, 0.2) is 0 Å². The molecule has 0 aliphatic carbocycles. The summed E-state index contributed by atoms with van der Waals surface area (Å²) in [4.78, 5) is 0. The molecule has 3 aromatic carbocycles. The standard InChI is InChI=1S/C20H13BrO/c21-16-10-8-15(9-11-16)19-12-13-20(22-19)18-7-3-5-14-4-1-2-6-17(14)18/h1-13H. The van der Waals surface area contributed by atoms with Gasteiger partial charge < -0.3 is 4.42 Å². The highest BCUT2D eigenvalue weighted by Crippen LogP contribution is 2.33. The largest absolute Gasteiger partial charge is 0.456 e. The van der Waals surface area contributed by atoms with Gasteiger partial charge in [-0.05, 0) is 35.0 Å². The fraction of sp³-hybridized carbons (Fsp3) is 0. The van der Waals surface area contributed by atoms with Crippen molar-refractivity contribution in [1.82, 2.24) is 0 Å². The summed E-state index contributed by atoms with van der Waals surface area (Å²) in [6, 6.07) is 26.9.